The lowest BCUT2D eigenvalue weighted by Gasteiger charge is -2.35. The van der Waals surface area contributed by atoms with Crippen LogP contribution in [0.2, 0.25) is 0 Å². The summed E-state index contributed by atoms with van der Waals surface area (Å²) in [5, 5.41) is 0. The smallest absolute Gasteiger partial charge is 0.126 e. The van der Waals surface area contributed by atoms with Crippen LogP contribution in [0.4, 0.5) is 0 Å². The Labute approximate surface area is 59.7 Å². The fraction of sp³-hybridized carbons (Fsp3) is 0.571. The first-order valence-electron chi connectivity index (χ1n) is 3.60. The molecule has 1 aromatic rings. The molecule has 1 saturated carbocycles. The summed E-state index contributed by atoms with van der Waals surface area (Å²) in [6.45, 7) is 0. The summed E-state index contributed by atoms with van der Waals surface area (Å²) < 4.78 is 0. The standard InChI is InChI=1S/C7H11N3/c8-7(2-1-3-7)6-9-4-5-10-6/h4-5H,1-3,8H2,(H,9,10). The zero-order chi connectivity index (χ0) is 7.03. The summed E-state index contributed by atoms with van der Waals surface area (Å²) in [5.74, 6) is 0.943. The maximum absolute atomic E-state index is 5.97. The van der Waals surface area contributed by atoms with E-state index in [4.69, 9.17) is 5.73 Å². The Hall–Kier alpha value is -0.830. The van der Waals surface area contributed by atoms with Crippen LogP contribution in [-0.4, -0.2) is 9.97 Å². The van der Waals surface area contributed by atoms with Gasteiger partial charge in [-0.1, -0.05) is 0 Å². The van der Waals surface area contributed by atoms with Crippen molar-refractivity contribution in [2.75, 3.05) is 0 Å². The molecule has 0 atom stereocenters. The van der Waals surface area contributed by atoms with Gasteiger partial charge < -0.3 is 10.7 Å². The van der Waals surface area contributed by atoms with Crippen molar-refractivity contribution in [3.8, 4) is 0 Å². The number of hydrogen-bond donors (Lipinski definition) is 2. The highest BCUT2D eigenvalue weighted by atomic mass is 15.0. The minimum atomic E-state index is -0.122. The van der Waals surface area contributed by atoms with Gasteiger partial charge in [-0.3, -0.25) is 0 Å². The predicted molar refractivity (Wildman–Crippen MR) is 38.3 cm³/mol. The molecule has 0 bridgehead atoms. The Balaban J connectivity index is 2.27. The molecule has 3 heteroatoms. The zero-order valence-electron chi connectivity index (χ0n) is 5.80. The number of aromatic nitrogens is 2. The molecule has 3 N–H and O–H groups in total. The topological polar surface area (TPSA) is 54.7 Å². The van der Waals surface area contributed by atoms with E-state index in [1.165, 1.54) is 6.42 Å². The third kappa shape index (κ3) is 0.671. The Kier molecular flexibility index (Phi) is 1.08. The number of hydrogen-bond acceptors (Lipinski definition) is 2. The fourth-order valence-electron chi connectivity index (χ4n) is 1.33. The first-order chi connectivity index (χ1) is 4.81. The number of nitrogens with two attached hydrogens (primary N) is 1. The average molecular weight is 137 g/mol. The fourth-order valence-corrected chi connectivity index (χ4v) is 1.33. The third-order valence-corrected chi connectivity index (χ3v) is 2.22. The zero-order valence-corrected chi connectivity index (χ0v) is 5.80. The van der Waals surface area contributed by atoms with Gasteiger partial charge in [-0.15, -0.1) is 0 Å². The van der Waals surface area contributed by atoms with Crippen LogP contribution in [0.1, 0.15) is 25.1 Å². The van der Waals surface area contributed by atoms with Gasteiger partial charge >= 0.3 is 0 Å². The second-order valence-corrected chi connectivity index (χ2v) is 2.95. The molecule has 0 spiro atoms. The third-order valence-electron chi connectivity index (χ3n) is 2.22. The molecule has 1 heterocycles. The Morgan fingerprint density at radius 3 is 2.80 bits per heavy atom. The molecule has 54 valence electrons. The van der Waals surface area contributed by atoms with Crippen molar-refractivity contribution in [1.29, 1.82) is 0 Å². The van der Waals surface area contributed by atoms with Crippen LogP contribution in [0.5, 0.6) is 0 Å². The number of nitrogens with one attached hydrogen (secondary N) is 1. The minimum absolute atomic E-state index is 0.122. The van der Waals surface area contributed by atoms with Gasteiger partial charge in [0.25, 0.3) is 0 Å². The molecule has 0 amide bonds. The van der Waals surface area contributed by atoms with E-state index in [2.05, 4.69) is 9.97 Å². The summed E-state index contributed by atoms with van der Waals surface area (Å²) in [6.07, 6.45) is 6.95. The van der Waals surface area contributed by atoms with Gasteiger partial charge in [0.1, 0.15) is 5.82 Å². The van der Waals surface area contributed by atoms with E-state index >= 15 is 0 Å². The molecule has 2 rings (SSSR count). The lowest BCUT2D eigenvalue weighted by Crippen LogP contribution is -2.44. The van der Waals surface area contributed by atoms with E-state index in [0.29, 0.717) is 0 Å². The SMILES string of the molecule is NC1(c2ncc[nH]2)CCC1. The van der Waals surface area contributed by atoms with Crippen LogP contribution >= 0.6 is 0 Å². The maximum atomic E-state index is 5.97. The van der Waals surface area contributed by atoms with E-state index in [0.717, 1.165) is 18.7 Å². The van der Waals surface area contributed by atoms with Gasteiger partial charge in [-0.05, 0) is 19.3 Å². The van der Waals surface area contributed by atoms with Gasteiger partial charge in [-0.25, -0.2) is 4.98 Å². The predicted octanol–water partition coefficient (Wildman–Crippen LogP) is 0.748. The summed E-state index contributed by atoms with van der Waals surface area (Å²) >= 11 is 0. The number of nitrogens with zero attached hydrogens (tertiary/aromatic N) is 1. The van der Waals surface area contributed by atoms with Crippen LogP contribution in [0, 0.1) is 0 Å². The van der Waals surface area contributed by atoms with Crippen LogP contribution < -0.4 is 5.73 Å². The van der Waals surface area contributed by atoms with Gasteiger partial charge in [0.15, 0.2) is 0 Å². The van der Waals surface area contributed by atoms with E-state index < -0.39 is 0 Å². The lowest BCUT2D eigenvalue weighted by atomic mass is 9.77. The molecule has 1 fully saturated rings. The number of H-pyrrole nitrogens is 1. The Bertz CT molecular complexity index is 211. The highest BCUT2D eigenvalue weighted by Gasteiger charge is 2.36. The van der Waals surface area contributed by atoms with Crippen molar-refractivity contribution in [1.82, 2.24) is 9.97 Å². The summed E-state index contributed by atoms with van der Waals surface area (Å²) in [7, 11) is 0. The molecule has 0 saturated heterocycles. The van der Waals surface area contributed by atoms with E-state index in [1.54, 1.807) is 6.20 Å². The summed E-state index contributed by atoms with van der Waals surface area (Å²) in [4.78, 5) is 7.17. The molecule has 1 aliphatic carbocycles. The van der Waals surface area contributed by atoms with Crippen molar-refractivity contribution in [2.24, 2.45) is 5.73 Å². The van der Waals surface area contributed by atoms with Gasteiger partial charge in [0.2, 0.25) is 0 Å². The first kappa shape index (κ1) is 5.92. The number of imidazole rings is 1. The largest absolute Gasteiger partial charge is 0.347 e. The normalized spacial score (nSPS) is 22.1. The second-order valence-electron chi connectivity index (χ2n) is 2.95. The Morgan fingerprint density at radius 2 is 2.40 bits per heavy atom. The van der Waals surface area contributed by atoms with E-state index in [1.807, 2.05) is 6.20 Å². The maximum Gasteiger partial charge on any atom is 0.126 e. The molecular formula is C7H11N3. The highest BCUT2D eigenvalue weighted by Crippen LogP contribution is 2.36. The quantitative estimate of drug-likeness (QED) is 0.600. The number of rotatable bonds is 1. The molecule has 0 aliphatic heterocycles. The van der Waals surface area contributed by atoms with Crippen molar-refractivity contribution < 1.29 is 0 Å². The monoisotopic (exact) mass is 137 g/mol. The van der Waals surface area contributed by atoms with Crippen LogP contribution in [-0.2, 0) is 5.54 Å². The van der Waals surface area contributed by atoms with Gasteiger partial charge in [-0.2, -0.15) is 0 Å². The molecule has 3 nitrogen and oxygen atoms in total. The molecule has 0 unspecified atom stereocenters. The van der Waals surface area contributed by atoms with Crippen molar-refractivity contribution in [3.05, 3.63) is 18.2 Å². The van der Waals surface area contributed by atoms with E-state index in [9.17, 15) is 0 Å². The number of aromatic amines is 1. The summed E-state index contributed by atoms with van der Waals surface area (Å²) in [5.41, 5.74) is 5.85. The van der Waals surface area contributed by atoms with Crippen LogP contribution in [0.15, 0.2) is 12.4 Å². The van der Waals surface area contributed by atoms with Crippen molar-refractivity contribution >= 4 is 0 Å². The lowest BCUT2D eigenvalue weighted by molar-refractivity contribution is 0.240. The first-order valence-corrected chi connectivity index (χ1v) is 3.60. The van der Waals surface area contributed by atoms with Crippen LogP contribution in [0.25, 0.3) is 0 Å². The van der Waals surface area contributed by atoms with Crippen LogP contribution in [0.3, 0.4) is 0 Å². The van der Waals surface area contributed by atoms with E-state index in [-0.39, 0.29) is 5.54 Å². The second kappa shape index (κ2) is 1.83. The molecular weight excluding hydrogens is 126 g/mol. The highest BCUT2D eigenvalue weighted by molar-refractivity contribution is 5.09. The average Bonchev–Trinajstić information content (AvgIpc) is 2.33. The van der Waals surface area contributed by atoms with Gasteiger partial charge in [0, 0.05) is 12.4 Å². The molecule has 10 heavy (non-hydrogen) atoms. The molecule has 1 aliphatic rings. The molecule has 0 radical (unpaired) electrons. The van der Waals surface area contributed by atoms with Crippen molar-refractivity contribution in [2.45, 2.75) is 24.8 Å². The Morgan fingerprint density at radius 1 is 1.60 bits per heavy atom. The van der Waals surface area contributed by atoms with Crippen molar-refractivity contribution in [3.63, 3.8) is 0 Å². The summed E-state index contributed by atoms with van der Waals surface area (Å²) in [6, 6.07) is 0. The minimum Gasteiger partial charge on any atom is -0.347 e. The molecule has 1 aromatic heterocycles. The van der Waals surface area contributed by atoms with Gasteiger partial charge in [0.05, 0.1) is 5.54 Å². The molecule has 0 aromatic carbocycles.